The van der Waals surface area contributed by atoms with E-state index < -0.39 is 0 Å². The van der Waals surface area contributed by atoms with Gasteiger partial charge in [0.25, 0.3) is 0 Å². The number of rotatable bonds is 4. The maximum absolute atomic E-state index is 9.84. The second-order valence-corrected chi connectivity index (χ2v) is 7.10. The van der Waals surface area contributed by atoms with Crippen LogP contribution in [0.25, 0.3) is 11.3 Å². The summed E-state index contributed by atoms with van der Waals surface area (Å²) >= 11 is 1.52. The number of piperazine rings is 1. The molecule has 1 saturated heterocycles. The van der Waals surface area contributed by atoms with E-state index in [1.807, 2.05) is 18.4 Å². The summed E-state index contributed by atoms with van der Waals surface area (Å²) in [5.74, 6) is 0.785. The molecule has 0 radical (unpaired) electrons. The first-order chi connectivity index (χ1) is 12.2. The molecule has 0 spiro atoms. The van der Waals surface area contributed by atoms with Crippen LogP contribution in [0.3, 0.4) is 0 Å². The highest BCUT2D eigenvalue weighted by Crippen LogP contribution is 2.30. The molecule has 0 saturated carbocycles. The Kier molecular flexibility index (Phi) is 5.57. The Bertz CT molecular complexity index is 774. The van der Waals surface area contributed by atoms with Gasteiger partial charge in [0.05, 0.1) is 38.4 Å². The second kappa shape index (κ2) is 7.85. The molecule has 0 aliphatic carbocycles. The fourth-order valence-corrected chi connectivity index (χ4v) is 3.52. The summed E-state index contributed by atoms with van der Waals surface area (Å²) in [4.78, 5) is 13.2. The van der Waals surface area contributed by atoms with Gasteiger partial charge < -0.3 is 9.80 Å². The molecule has 0 unspecified atom stereocenters. The molecule has 25 heavy (non-hydrogen) atoms. The maximum atomic E-state index is 9.84. The minimum absolute atomic E-state index is 0.585. The van der Waals surface area contributed by atoms with Gasteiger partial charge in [0.15, 0.2) is 11.0 Å². The number of benzene rings is 1. The lowest BCUT2D eigenvalue weighted by atomic mass is 10.0. The summed E-state index contributed by atoms with van der Waals surface area (Å²) in [6.45, 7) is 9.44. The number of nitrogens with zero attached hydrogens (tertiary/aromatic N) is 4. The molecule has 0 bridgehead atoms. The van der Waals surface area contributed by atoms with Crippen LogP contribution >= 0.6 is 11.8 Å². The van der Waals surface area contributed by atoms with Crippen molar-refractivity contribution in [1.82, 2.24) is 9.97 Å². The summed E-state index contributed by atoms with van der Waals surface area (Å²) in [5, 5.41) is 10.6. The molecule has 1 aliphatic heterocycles. The van der Waals surface area contributed by atoms with E-state index >= 15 is 0 Å². The molecule has 130 valence electrons. The zero-order chi connectivity index (χ0) is 17.8. The summed E-state index contributed by atoms with van der Waals surface area (Å²) in [7, 11) is 0. The molecule has 1 aromatic carbocycles. The average molecular weight is 355 g/mol. The largest absolute Gasteiger partial charge is 0.344 e. The third-order valence-electron chi connectivity index (χ3n) is 4.76. The molecule has 1 fully saturated rings. The Morgan fingerprint density at radius 3 is 2.44 bits per heavy atom. The predicted molar refractivity (Wildman–Crippen MR) is 102 cm³/mol. The minimum atomic E-state index is 0.585. The standard InChI is InChI=1S/C19H23N5S/c1-4-23-9-11-24(12-10-23)18-16(13-20)17(21-19(22-18)25-3)15-7-5-14(2)6-8-15/h5-8H,4,9-12H2,1-3H3/p+1. The number of aryl methyl sites for hydroxylation is 1. The predicted octanol–water partition coefficient (Wildman–Crippen LogP) is 1.77. The molecule has 6 heteroatoms. The van der Waals surface area contributed by atoms with E-state index in [1.54, 1.807) is 4.90 Å². The van der Waals surface area contributed by atoms with Gasteiger partial charge in [-0.2, -0.15) is 5.26 Å². The zero-order valence-electron chi connectivity index (χ0n) is 15.0. The Hall–Kier alpha value is -2.10. The first-order valence-electron chi connectivity index (χ1n) is 8.68. The molecule has 1 aliphatic rings. The third-order valence-corrected chi connectivity index (χ3v) is 5.31. The summed E-state index contributed by atoms with van der Waals surface area (Å²) < 4.78 is 0. The van der Waals surface area contributed by atoms with Gasteiger partial charge in [-0.1, -0.05) is 41.6 Å². The fraction of sp³-hybridized carbons (Fsp3) is 0.421. The van der Waals surface area contributed by atoms with Crippen LogP contribution < -0.4 is 9.80 Å². The highest BCUT2D eigenvalue weighted by molar-refractivity contribution is 7.98. The lowest BCUT2D eigenvalue weighted by molar-refractivity contribution is -0.898. The van der Waals surface area contributed by atoms with Crippen molar-refractivity contribution in [2.24, 2.45) is 0 Å². The molecule has 2 aromatic rings. The number of nitriles is 1. The first-order valence-corrected chi connectivity index (χ1v) is 9.90. The van der Waals surface area contributed by atoms with Gasteiger partial charge in [-0.3, -0.25) is 0 Å². The maximum Gasteiger partial charge on any atom is 0.189 e. The Morgan fingerprint density at radius 2 is 1.88 bits per heavy atom. The molecule has 3 rings (SSSR count). The number of nitrogens with one attached hydrogen (secondary N) is 1. The van der Waals surface area contributed by atoms with Crippen LogP contribution in [0.4, 0.5) is 5.82 Å². The molecule has 0 atom stereocenters. The van der Waals surface area contributed by atoms with E-state index in [2.05, 4.69) is 46.9 Å². The number of thioether (sulfide) groups is 1. The quantitative estimate of drug-likeness (QED) is 0.670. The number of quaternary nitrogens is 1. The van der Waals surface area contributed by atoms with Gasteiger partial charge >= 0.3 is 0 Å². The third kappa shape index (κ3) is 3.78. The topological polar surface area (TPSA) is 57.2 Å². The number of aromatic nitrogens is 2. The Morgan fingerprint density at radius 1 is 1.20 bits per heavy atom. The van der Waals surface area contributed by atoms with E-state index in [1.165, 1.54) is 17.3 Å². The van der Waals surface area contributed by atoms with E-state index in [4.69, 9.17) is 0 Å². The van der Waals surface area contributed by atoms with Gasteiger partial charge in [0.1, 0.15) is 11.6 Å². The number of hydrogen-bond acceptors (Lipinski definition) is 5. The van der Waals surface area contributed by atoms with Crippen LogP contribution in [-0.2, 0) is 0 Å². The van der Waals surface area contributed by atoms with Gasteiger partial charge in [0.2, 0.25) is 0 Å². The van der Waals surface area contributed by atoms with Crippen LogP contribution in [0.1, 0.15) is 18.1 Å². The van der Waals surface area contributed by atoms with E-state index in [9.17, 15) is 5.26 Å². The monoisotopic (exact) mass is 354 g/mol. The normalized spacial score (nSPS) is 15.2. The SMILES string of the molecule is CC[NH+]1CCN(c2nc(SC)nc(-c3ccc(C)cc3)c2C#N)CC1. The van der Waals surface area contributed by atoms with Crippen molar-refractivity contribution in [3.63, 3.8) is 0 Å². The van der Waals surface area contributed by atoms with Crippen molar-refractivity contribution < 1.29 is 4.90 Å². The highest BCUT2D eigenvalue weighted by Gasteiger charge is 2.25. The van der Waals surface area contributed by atoms with Crippen LogP contribution in [-0.4, -0.2) is 48.9 Å². The average Bonchev–Trinajstić information content (AvgIpc) is 2.67. The zero-order valence-corrected chi connectivity index (χ0v) is 15.9. The van der Waals surface area contributed by atoms with E-state index in [0.717, 1.165) is 55.0 Å². The smallest absolute Gasteiger partial charge is 0.189 e. The van der Waals surface area contributed by atoms with Gasteiger partial charge in [-0.25, -0.2) is 9.97 Å². The van der Waals surface area contributed by atoms with Crippen molar-refractivity contribution in [3.8, 4) is 17.3 Å². The molecule has 0 amide bonds. The molecular formula is C19H24N5S+. The van der Waals surface area contributed by atoms with Gasteiger partial charge in [-0.15, -0.1) is 0 Å². The van der Waals surface area contributed by atoms with Crippen LogP contribution in [0.15, 0.2) is 29.4 Å². The van der Waals surface area contributed by atoms with Crippen molar-refractivity contribution in [3.05, 3.63) is 35.4 Å². The van der Waals surface area contributed by atoms with Crippen LogP contribution in [0.2, 0.25) is 0 Å². The van der Waals surface area contributed by atoms with Gasteiger partial charge in [0, 0.05) is 5.56 Å². The highest BCUT2D eigenvalue weighted by atomic mass is 32.2. The fourth-order valence-electron chi connectivity index (χ4n) is 3.16. The first kappa shape index (κ1) is 17.7. The van der Waals surface area contributed by atoms with Crippen molar-refractivity contribution in [2.75, 3.05) is 43.9 Å². The van der Waals surface area contributed by atoms with E-state index in [0.29, 0.717) is 5.56 Å². The lowest BCUT2D eigenvalue weighted by Crippen LogP contribution is -3.14. The number of anilines is 1. The van der Waals surface area contributed by atoms with Crippen molar-refractivity contribution >= 4 is 17.6 Å². The summed E-state index contributed by atoms with van der Waals surface area (Å²) in [5.41, 5.74) is 3.49. The van der Waals surface area contributed by atoms with Crippen molar-refractivity contribution in [2.45, 2.75) is 19.0 Å². The molecule has 5 nitrogen and oxygen atoms in total. The second-order valence-electron chi connectivity index (χ2n) is 6.33. The van der Waals surface area contributed by atoms with Gasteiger partial charge in [-0.05, 0) is 20.1 Å². The molecule has 2 heterocycles. The molecule has 1 N–H and O–H groups in total. The number of hydrogen-bond donors (Lipinski definition) is 1. The van der Waals surface area contributed by atoms with E-state index in [-0.39, 0.29) is 0 Å². The Labute approximate surface area is 153 Å². The van der Waals surface area contributed by atoms with Crippen LogP contribution in [0, 0.1) is 18.3 Å². The lowest BCUT2D eigenvalue weighted by Gasteiger charge is -2.33. The van der Waals surface area contributed by atoms with Crippen LogP contribution in [0.5, 0.6) is 0 Å². The Balaban J connectivity index is 2.05. The minimum Gasteiger partial charge on any atom is -0.344 e. The number of likely N-dealkylation sites (N-methyl/N-ethyl adjacent to an activating group) is 1. The molecule has 1 aromatic heterocycles. The molecular weight excluding hydrogens is 330 g/mol. The summed E-state index contributed by atoms with van der Waals surface area (Å²) in [6.07, 6.45) is 1.98. The van der Waals surface area contributed by atoms with Crippen molar-refractivity contribution in [1.29, 1.82) is 5.26 Å². The summed E-state index contributed by atoms with van der Waals surface area (Å²) in [6, 6.07) is 10.5.